The molecule has 412 valence electrons. The van der Waals surface area contributed by atoms with E-state index in [1.807, 2.05) is 0 Å². The summed E-state index contributed by atoms with van der Waals surface area (Å²) >= 11 is 8.36. The molecule has 37 heteroatoms. The Morgan fingerprint density at radius 2 is 1.13 bits per heavy atom. The SMILES string of the molecule is Nc1nc2c(ncn2[C@@H]2O[C@@H]3COP(=O)(S)OC4C(NC(=O)CCOCCOCCOCCOCCOCCC(=O)ON5C(=O)CCC5=O)[C@H](n5cnc6c(=O)[nH]c(N)nc65)O[C@@H]4COP(=O)(S)OC3C2O)c(=O)[nH]1. The number of aliphatic hydroxyl groups excluding tert-OH is 1. The summed E-state index contributed by atoms with van der Waals surface area (Å²) in [7, 11) is 0. The zero-order valence-electron chi connectivity index (χ0n) is 39.3. The van der Waals surface area contributed by atoms with Crippen molar-refractivity contribution in [1.29, 1.82) is 0 Å². The van der Waals surface area contributed by atoms with Gasteiger partial charge in [0.1, 0.15) is 36.6 Å². The van der Waals surface area contributed by atoms with Crippen LogP contribution in [0.3, 0.4) is 0 Å². The molecule has 0 aromatic carbocycles. The molecule has 8 heterocycles. The maximum Gasteiger partial charge on any atom is 0.386 e. The maximum atomic E-state index is 14.1. The number of hydrogen-bond acceptors (Lipinski definition) is 27. The largest absolute Gasteiger partial charge is 0.386 e. The molecular weight excluding hydrogens is 1090 g/mol. The maximum absolute atomic E-state index is 14.1. The number of aliphatic hydroxyl groups is 1. The Kier molecular flexibility index (Phi) is 18.8. The van der Waals surface area contributed by atoms with Crippen LogP contribution in [0.4, 0.5) is 11.9 Å². The first-order valence-corrected chi connectivity index (χ1v) is 28.3. The van der Waals surface area contributed by atoms with Crippen LogP contribution < -0.4 is 27.9 Å². The van der Waals surface area contributed by atoms with Crippen molar-refractivity contribution in [3.8, 4) is 0 Å². The number of anilines is 2. The van der Waals surface area contributed by atoms with Gasteiger partial charge in [0.25, 0.3) is 22.9 Å². The normalized spacial score (nSPS) is 28.3. The van der Waals surface area contributed by atoms with Crippen molar-refractivity contribution in [2.24, 2.45) is 0 Å². The quantitative estimate of drug-likeness (QED) is 0.0191. The third kappa shape index (κ3) is 14.2. The highest BCUT2D eigenvalue weighted by Gasteiger charge is 2.54. The number of hydrogen-bond donors (Lipinski definition) is 8. The van der Waals surface area contributed by atoms with Crippen LogP contribution in [0.15, 0.2) is 22.2 Å². The average Bonchev–Trinajstić information content (AvgIpc) is 4.19. The fourth-order valence-corrected chi connectivity index (χ4v) is 10.9. The van der Waals surface area contributed by atoms with Crippen LogP contribution in [0.2, 0.25) is 0 Å². The molecule has 4 aliphatic rings. The monoisotopic (exact) mass is 1140 g/mol. The number of nitrogens with two attached hydrogens (primary N) is 2. The third-order valence-electron chi connectivity index (χ3n) is 11.4. The molecule has 10 atom stereocenters. The fourth-order valence-electron chi connectivity index (χ4n) is 7.94. The second kappa shape index (κ2) is 25.0. The van der Waals surface area contributed by atoms with Crippen molar-refractivity contribution in [2.45, 2.75) is 74.7 Å². The molecule has 4 fully saturated rings. The van der Waals surface area contributed by atoms with Gasteiger partial charge in [-0.15, -0.1) is 5.06 Å². The van der Waals surface area contributed by atoms with E-state index < -0.39 is 111 Å². The van der Waals surface area contributed by atoms with E-state index in [1.165, 1.54) is 15.5 Å². The minimum atomic E-state index is -4.54. The predicted molar refractivity (Wildman–Crippen MR) is 256 cm³/mol. The minimum Gasteiger partial charge on any atom is -0.386 e. The number of imide groups is 1. The first kappa shape index (κ1) is 56.3. The highest BCUT2D eigenvalue weighted by molar-refractivity contribution is 8.44. The second-order valence-corrected chi connectivity index (χ2v) is 22.3. The number of imidazole rings is 2. The number of rotatable bonds is 22. The van der Waals surface area contributed by atoms with Gasteiger partial charge in [-0.1, -0.05) is 24.5 Å². The standard InChI is InChI=1S/C38H52N12O21P2S2/c39-37-44-31-26(33(56)46-37)41-17-48(31)35-25(43-21(51)3-5-60-7-9-62-11-13-64-14-12-63-10-8-61-6-4-24(54)69-50-22(52)1-2-23(50)53)29-19(67-35)15-65-73(59,75)71-30-20(16-66-72(58,74)70-29)68-36(28(30)55)49-18-42-27-32(49)45-38(40)47-34(27)57/h17-20,25,28-30,35-36,55H,1-16H2,(H,43,51)(H,58,74)(H,59,75)(H3,39,44,46,56)(H3,40,45,47,57)/t19-,20-,25?,28?,29?,30?,35-,36-,72?,73?/m1/s1. The molecule has 0 aliphatic carbocycles. The third-order valence-corrected chi connectivity index (χ3v) is 14.6. The van der Waals surface area contributed by atoms with E-state index >= 15 is 0 Å². The molecule has 0 spiro atoms. The molecule has 8 rings (SSSR count). The van der Waals surface area contributed by atoms with Crippen molar-refractivity contribution in [2.75, 3.05) is 90.7 Å². The van der Waals surface area contributed by atoms with Gasteiger partial charge in [0, 0.05) is 19.3 Å². The summed E-state index contributed by atoms with van der Waals surface area (Å²) in [5.74, 6) is -3.04. The Balaban J connectivity index is 0.812. The molecule has 0 saturated carbocycles. The number of nitrogens with zero attached hydrogens (tertiary/aromatic N) is 7. The summed E-state index contributed by atoms with van der Waals surface area (Å²) in [6.07, 6.45) is -8.28. The summed E-state index contributed by atoms with van der Waals surface area (Å²) in [5, 5.41) is 14.8. The fraction of sp³-hybridized carbons (Fsp3) is 0.632. The molecule has 3 amide bonds. The van der Waals surface area contributed by atoms with Gasteiger partial charge in [-0.05, 0) is 0 Å². The molecule has 33 nitrogen and oxygen atoms in total. The van der Waals surface area contributed by atoms with E-state index in [2.05, 4.69) is 59.7 Å². The molecule has 4 aliphatic heterocycles. The molecule has 75 heavy (non-hydrogen) atoms. The summed E-state index contributed by atoms with van der Waals surface area (Å²) < 4.78 is 93.3. The molecule has 4 saturated heterocycles. The van der Waals surface area contributed by atoms with Crippen molar-refractivity contribution < 1.29 is 89.5 Å². The number of hydroxylamine groups is 2. The van der Waals surface area contributed by atoms with Crippen LogP contribution in [0.5, 0.6) is 0 Å². The number of nitrogen functional groups attached to an aromatic ring is 2. The molecular formula is C38H52N12O21P2S2. The van der Waals surface area contributed by atoms with Crippen LogP contribution >= 0.6 is 38.1 Å². The van der Waals surface area contributed by atoms with Crippen molar-refractivity contribution in [3.63, 3.8) is 0 Å². The average molecular weight is 1140 g/mol. The number of aromatic amines is 2. The van der Waals surface area contributed by atoms with E-state index in [1.54, 1.807) is 0 Å². The van der Waals surface area contributed by atoms with E-state index in [0.717, 1.165) is 6.33 Å². The van der Waals surface area contributed by atoms with E-state index in [9.17, 15) is 43.0 Å². The number of thiol groups is 2. The topological polar surface area (TPSA) is 428 Å². The van der Waals surface area contributed by atoms with Crippen molar-refractivity contribution in [1.82, 2.24) is 49.4 Å². The van der Waals surface area contributed by atoms with E-state index in [0.29, 0.717) is 5.06 Å². The Morgan fingerprint density at radius 1 is 0.693 bits per heavy atom. The molecule has 4 aromatic heterocycles. The van der Waals surface area contributed by atoms with Gasteiger partial charge in [0.05, 0.1) is 98.4 Å². The van der Waals surface area contributed by atoms with Crippen LogP contribution in [0.25, 0.3) is 22.3 Å². The van der Waals surface area contributed by atoms with Gasteiger partial charge in [0.2, 0.25) is 17.8 Å². The van der Waals surface area contributed by atoms with Gasteiger partial charge >= 0.3 is 19.6 Å². The van der Waals surface area contributed by atoms with Gasteiger partial charge in [-0.2, -0.15) is 9.97 Å². The van der Waals surface area contributed by atoms with E-state index in [4.69, 9.17) is 67.6 Å². The number of amides is 3. The predicted octanol–water partition coefficient (Wildman–Crippen LogP) is -1.58. The zero-order chi connectivity index (χ0) is 53.4. The lowest BCUT2D eigenvalue weighted by Crippen LogP contribution is -2.48. The molecule has 6 unspecified atom stereocenters. The van der Waals surface area contributed by atoms with Gasteiger partial charge in [-0.3, -0.25) is 61.2 Å². The molecule has 0 bridgehead atoms. The number of ether oxygens (including phenoxy) is 7. The number of carbonyl (C=O) groups excluding carboxylic acids is 4. The highest BCUT2D eigenvalue weighted by atomic mass is 32.7. The Bertz CT molecular complexity index is 2910. The van der Waals surface area contributed by atoms with Gasteiger partial charge in [-0.25, -0.2) is 23.9 Å². The second-order valence-electron chi connectivity index (χ2n) is 16.5. The summed E-state index contributed by atoms with van der Waals surface area (Å²) in [5.41, 5.74) is 9.79. The van der Waals surface area contributed by atoms with Crippen LogP contribution in [0, 0.1) is 0 Å². The first-order chi connectivity index (χ1) is 35.9. The lowest BCUT2D eigenvalue weighted by atomic mass is 10.1. The minimum absolute atomic E-state index is 0.00753. The van der Waals surface area contributed by atoms with Crippen molar-refractivity contribution in [3.05, 3.63) is 33.4 Å². The summed E-state index contributed by atoms with van der Waals surface area (Å²) in [6.45, 7) is -8.81. The molecule has 4 aromatic rings. The Hall–Kier alpha value is -4.94. The van der Waals surface area contributed by atoms with Gasteiger partial charge < -0.3 is 59.9 Å². The van der Waals surface area contributed by atoms with Crippen LogP contribution in [-0.2, 0) is 84.4 Å². The number of carbonyl (C=O) groups is 4. The molecule has 8 N–H and O–H groups in total. The summed E-state index contributed by atoms with van der Waals surface area (Å²) in [4.78, 5) is 99.5. The Labute approximate surface area is 432 Å². The van der Waals surface area contributed by atoms with Gasteiger partial charge in [0.15, 0.2) is 34.8 Å². The summed E-state index contributed by atoms with van der Waals surface area (Å²) in [6, 6.07) is -1.33. The van der Waals surface area contributed by atoms with Crippen molar-refractivity contribution >= 4 is 96.0 Å². The number of H-pyrrole nitrogens is 2. The molecule has 0 radical (unpaired) electrons. The van der Waals surface area contributed by atoms with E-state index in [-0.39, 0.29) is 126 Å². The highest BCUT2D eigenvalue weighted by Crippen LogP contribution is 2.60. The van der Waals surface area contributed by atoms with Crippen LogP contribution in [-0.4, -0.2) is 189 Å². The lowest BCUT2D eigenvalue weighted by molar-refractivity contribution is -0.198. The lowest BCUT2D eigenvalue weighted by Gasteiger charge is -2.30. The number of nitrogens with one attached hydrogen (secondary N) is 3. The first-order valence-electron chi connectivity index (χ1n) is 22.9. The number of fused-ring (bicyclic) bond motifs is 4. The zero-order valence-corrected chi connectivity index (χ0v) is 42.9. The smallest absolute Gasteiger partial charge is 0.386 e. The Morgan fingerprint density at radius 3 is 1.65 bits per heavy atom. The van der Waals surface area contributed by atoms with Crippen LogP contribution in [0.1, 0.15) is 38.1 Å². The number of aromatic nitrogens is 8.